The van der Waals surface area contributed by atoms with Gasteiger partial charge in [-0.25, -0.2) is 13.2 Å². The molecule has 0 unspecified atom stereocenters. The Balaban J connectivity index is 2.17. The van der Waals surface area contributed by atoms with E-state index >= 15 is 0 Å². The van der Waals surface area contributed by atoms with Crippen LogP contribution in [-0.4, -0.2) is 55.5 Å². The van der Waals surface area contributed by atoms with Crippen molar-refractivity contribution in [2.24, 2.45) is 0 Å². The van der Waals surface area contributed by atoms with Crippen LogP contribution in [0.4, 0.5) is 18.0 Å². The van der Waals surface area contributed by atoms with E-state index in [4.69, 9.17) is 4.74 Å². The fourth-order valence-electron chi connectivity index (χ4n) is 2.45. The van der Waals surface area contributed by atoms with E-state index < -0.39 is 38.4 Å². The molecule has 0 N–H and O–H groups in total. The van der Waals surface area contributed by atoms with Crippen LogP contribution in [-0.2, 0) is 20.9 Å². The molecular weight excluding hydrogens is 453 g/mol. The van der Waals surface area contributed by atoms with E-state index in [1.54, 1.807) is 20.8 Å². The third-order valence-corrected chi connectivity index (χ3v) is 6.66. The average Bonchev–Trinajstić information content (AvgIpc) is 2.52. The van der Waals surface area contributed by atoms with Gasteiger partial charge in [-0.2, -0.15) is 17.5 Å². The SMILES string of the molecule is CC(C)(C)OC(=O)N1CCN(S(=O)(=O)c2cc(C(F)(F)F)ccc2Br)CC1. The van der Waals surface area contributed by atoms with Gasteiger partial charge in [0, 0.05) is 30.7 Å². The van der Waals surface area contributed by atoms with Crippen LogP contribution in [0.1, 0.15) is 26.3 Å². The number of carbonyl (C=O) groups is 1. The van der Waals surface area contributed by atoms with Crippen LogP contribution in [0.15, 0.2) is 27.6 Å². The standard InChI is InChI=1S/C16H20BrF3N2O4S/c1-15(2,3)26-14(23)21-6-8-22(9-7-21)27(24,25)13-10-11(16(18,19)20)4-5-12(13)17/h4-5,10H,6-9H2,1-3H3. The molecule has 1 saturated heterocycles. The fourth-order valence-corrected chi connectivity index (χ4v) is 4.83. The van der Waals surface area contributed by atoms with Crippen LogP contribution in [0.3, 0.4) is 0 Å². The molecule has 0 radical (unpaired) electrons. The molecule has 1 aliphatic heterocycles. The lowest BCUT2D eigenvalue weighted by atomic mass is 10.2. The number of sulfonamides is 1. The Morgan fingerprint density at radius 3 is 2.15 bits per heavy atom. The second-order valence-corrected chi connectivity index (χ2v) is 9.78. The Morgan fingerprint density at radius 2 is 1.67 bits per heavy atom. The zero-order valence-corrected chi connectivity index (χ0v) is 17.4. The number of amides is 1. The van der Waals surface area contributed by atoms with E-state index in [1.165, 1.54) is 4.90 Å². The Labute approximate surface area is 164 Å². The minimum absolute atomic E-state index is 0.0374. The summed E-state index contributed by atoms with van der Waals surface area (Å²) in [6.07, 6.45) is -5.21. The number of rotatable bonds is 2. The molecule has 0 aromatic heterocycles. The molecule has 1 aromatic carbocycles. The molecule has 0 atom stereocenters. The third kappa shape index (κ3) is 5.35. The summed E-state index contributed by atoms with van der Waals surface area (Å²) in [5.74, 6) is 0. The zero-order chi connectivity index (χ0) is 20.6. The maximum Gasteiger partial charge on any atom is 0.416 e. The van der Waals surface area contributed by atoms with E-state index in [0.717, 1.165) is 16.4 Å². The quantitative estimate of drug-likeness (QED) is 0.657. The van der Waals surface area contributed by atoms with Gasteiger partial charge >= 0.3 is 12.3 Å². The number of halogens is 4. The topological polar surface area (TPSA) is 66.9 Å². The van der Waals surface area contributed by atoms with Gasteiger partial charge < -0.3 is 9.64 Å². The molecule has 27 heavy (non-hydrogen) atoms. The monoisotopic (exact) mass is 472 g/mol. The van der Waals surface area contributed by atoms with E-state index in [2.05, 4.69) is 15.9 Å². The molecule has 1 amide bonds. The molecule has 0 bridgehead atoms. The Kier molecular flexibility index (Phi) is 6.18. The average molecular weight is 473 g/mol. The van der Waals surface area contributed by atoms with Gasteiger partial charge in [-0.05, 0) is 54.9 Å². The van der Waals surface area contributed by atoms with E-state index in [0.29, 0.717) is 6.07 Å². The molecule has 0 aliphatic carbocycles. The van der Waals surface area contributed by atoms with Gasteiger partial charge in [0.1, 0.15) is 5.60 Å². The second kappa shape index (κ2) is 7.59. The number of ether oxygens (including phenoxy) is 1. The summed E-state index contributed by atoms with van der Waals surface area (Å²) in [5.41, 5.74) is -1.72. The van der Waals surface area contributed by atoms with Crippen LogP contribution in [0.25, 0.3) is 0 Å². The first kappa shape index (κ1) is 22.0. The molecule has 6 nitrogen and oxygen atoms in total. The van der Waals surface area contributed by atoms with Crippen molar-refractivity contribution in [1.82, 2.24) is 9.21 Å². The lowest BCUT2D eigenvalue weighted by Crippen LogP contribution is -2.51. The highest BCUT2D eigenvalue weighted by Crippen LogP contribution is 2.34. The van der Waals surface area contributed by atoms with Gasteiger partial charge in [0.25, 0.3) is 0 Å². The van der Waals surface area contributed by atoms with Gasteiger partial charge in [0.2, 0.25) is 10.0 Å². The number of piperazine rings is 1. The molecule has 0 spiro atoms. The van der Waals surface area contributed by atoms with Gasteiger partial charge in [-0.3, -0.25) is 0 Å². The number of hydrogen-bond acceptors (Lipinski definition) is 4. The molecule has 1 aromatic rings. The molecule has 0 saturated carbocycles. The summed E-state index contributed by atoms with van der Waals surface area (Å²) in [6.45, 7) is 5.26. The van der Waals surface area contributed by atoms with E-state index in [-0.39, 0.29) is 30.7 Å². The van der Waals surface area contributed by atoms with Crippen molar-refractivity contribution in [2.75, 3.05) is 26.2 Å². The summed E-state index contributed by atoms with van der Waals surface area (Å²) in [6, 6.07) is 2.48. The van der Waals surface area contributed by atoms with Crippen LogP contribution < -0.4 is 0 Å². The first-order valence-corrected chi connectivity index (χ1v) is 10.3. The van der Waals surface area contributed by atoms with Gasteiger partial charge in [-0.1, -0.05) is 0 Å². The molecular formula is C16H20BrF3N2O4S. The second-order valence-electron chi connectivity index (χ2n) is 7.01. The highest BCUT2D eigenvalue weighted by Gasteiger charge is 2.36. The van der Waals surface area contributed by atoms with Gasteiger partial charge in [0.05, 0.1) is 10.5 Å². The Morgan fingerprint density at radius 1 is 1.11 bits per heavy atom. The van der Waals surface area contributed by atoms with Crippen molar-refractivity contribution < 1.29 is 31.1 Å². The number of hydrogen-bond donors (Lipinski definition) is 0. The number of benzene rings is 1. The summed E-state index contributed by atoms with van der Waals surface area (Å²) in [4.78, 5) is 13.0. The highest BCUT2D eigenvalue weighted by atomic mass is 79.9. The first-order chi connectivity index (χ1) is 12.2. The van der Waals surface area contributed by atoms with E-state index in [9.17, 15) is 26.4 Å². The predicted molar refractivity (Wildman–Crippen MR) is 95.7 cm³/mol. The fraction of sp³-hybridized carbons (Fsp3) is 0.562. The van der Waals surface area contributed by atoms with E-state index in [1.807, 2.05) is 0 Å². The van der Waals surface area contributed by atoms with Crippen molar-refractivity contribution >= 4 is 32.0 Å². The summed E-state index contributed by atoms with van der Waals surface area (Å²) in [7, 11) is -4.15. The summed E-state index contributed by atoms with van der Waals surface area (Å²) in [5, 5.41) is 0. The van der Waals surface area contributed by atoms with Crippen LogP contribution in [0, 0.1) is 0 Å². The van der Waals surface area contributed by atoms with Gasteiger partial charge in [-0.15, -0.1) is 0 Å². The maximum absolute atomic E-state index is 12.9. The smallest absolute Gasteiger partial charge is 0.416 e. The van der Waals surface area contributed by atoms with Crippen molar-refractivity contribution in [1.29, 1.82) is 0 Å². The van der Waals surface area contributed by atoms with Gasteiger partial charge in [0.15, 0.2) is 0 Å². The molecule has 1 heterocycles. The van der Waals surface area contributed by atoms with Crippen molar-refractivity contribution in [3.8, 4) is 0 Å². The Hall–Kier alpha value is -1.33. The number of alkyl halides is 3. The first-order valence-electron chi connectivity index (χ1n) is 8.06. The normalized spacial score (nSPS) is 17.1. The molecule has 11 heteroatoms. The van der Waals surface area contributed by atoms with Crippen molar-refractivity contribution in [3.63, 3.8) is 0 Å². The van der Waals surface area contributed by atoms with Crippen molar-refractivity contribution in [2.45, 2.75) is 37.4 Å². The van der Waals surface area contributed by atoms with Crippen molar-refractivity contribution in [3.05, 3.63) is 28.2 Å². The molecule has 152 valence electrons. The number of nitrogens with zero attached hydrogens (tertiary/aromatic N) is 2. The Bertz CT molecular complexity index is 814. The van der Waals surface area contributed by atoms with Crippen LogP contribution in [0.5, 0.6) is 0 Å². The number of carbonyl (C=O) groups excluding carboxylic acids is 1. The third-order valence-electron chi connectivity index (χ3n) is 3.77. The molecule has 1 aliphatic rings. The minimum atomic E-state index is -4.65. The summed E-state index contributed by atoms with van der Waals surface area (Å²) >= 11 is 3.01. The highest BCUT2D eigenvalue weighted by molar-refractivity contribution is 9.10. The lowest BCUT2D eigenvalue weighted by Gasteiger charge is -2.35. The van der Waals surface area contributed by atoms with Crippen LogP contribution >= 0.6 is 15.9 Å². The zero-order valence-electron chi connectivity index (χ0n) is 15.0. The maximum atomic E-state index is 12.9. The molecule has 1 fully saturated rings. The predicted octanol–water partition coefficient (Wildman–Crippen LogP) is 3.71. The minimum Gasteiger partial charge on any atom is -0.444 e. The lowest BCUT2D eigenvalue weighted by molar-refractivity contribution is -0.137. The van der Waals surface area contributed by atoms with Crippen LogP contribution in [0.2, 0.25) is 0 Å². The molecule has 2 rings (SSSR count). The largest absolute Gasteiger partial charge is 0.444 e. The summed E-state index contributed by atoms with van der Waals surface area (Å²) < 4.78 is 70.7.